The van der Waals surface area contributed by atoms with Gasteiger partial charge in [0.25, 0.3) is 0 Å². The highest BCUT2D eigenvalue weighted by Crippen LogP contribution is 2.44. The van der Waals surface area contributed by atoms with Crippen LogP contribution < -0.4 is 5.32 Å². The fourth-order valence-corrected chi connectivity index (χ4v) is 2.98. The molecule has 0 aromatic rings. The van der Waals surface area contributed by atoms with Crippen LogP contribution in [0.5, 0.6) is 0 Å². The summed E-state index contributed by atoms with van der Waals surface area (Å²) in [5.74, 6) is 1.95. The summed E-state index contributed by atoms with van der Waals surface area (Å²) >= 11 is 0. The maximum absolute atomic E-state index is 8.52. The van der Waals surface area contributed by atoms with Crippen molar-refractivity contribution >= 4 is 0 Å². The average Bonchev–Trinajstić information content (AvgIpc) is 2.79. The first-order valence-electron chi connectivity index (χ1n) is 5.82. The fraction of sp³-hybridized carbons (Fsp3) is 1.00. The van der Waals surface area contributed by atoms with Gasteiger partial charge in [-0.1, -0.05) is 6.42 Å². The molecular weight excluding hydrogens is 178 g/mol. The summed E-state index contributed by atoms with van der Waals surface area (Å²) in [4.78, 5) is 0. The molecule has 0 heterocycles. The maximum atomic E-state index is 8.52. The monoisotopic (exact) mass is 199 g/mol. The molecular formula is C11H21NO2. The Labute approximate surface area is 85.8 Å². The molecule has 2 N–H and O–H groups in total. The first-order chi connectivity index (χ1) is 6.90. The average molecular weight is 199 g/mol. The molecule has 0 amide bonds. The number of hydrogen-bond donors (Lipinski definition) is 2. The minimum absolute atomic E-state index is 0.133. The zero-order valence-electron chi connectivity index (χ0n) is 8.74. The highest BCUT2D eigenvalue weighted by molar-refractivity contribution is 4.93. The van der Waals surface area contributed by atoms with Gasteiger partial charge in [0.05, 0.1) is 19.8 Å². The zero-order chi connectivity index (χ0) is 9.80. The summed E-state index contributed by atoms with van der Waals surface area (Å²) in [7, 11) is 0. The van der Waals surface area contributed by atoms with Gasteiger partial charge in [-0.15, -0.1) is 0 Å². The molecule has 3 heteroatoms. The molecule has 2 saturated carbocycles. The van der Waals surface area contributed by atoms with Crippen molar-refractivity contribution in [2.45, 2.75) is 31.7 Å². The largest absolute Gasteiger partial charge is 0.394 e. The molecule has 2 fully saturated rings. The molecule has 0 aromatic heterocycles. The molecule has 3 atom stereocenters. The van der Waals surface area contributed by atoms with Crippen LogP contribution in [0.25, 0.3) is 0 Å². The highest BCUT2D eigenvalue weighted by atomic mass is 16.5. The van der Waals surface area contributed by atoms with Crippen LogP contribution in [0.3, 0.4) is 0 Å². The van der Waals surface area contributed by atoms with Crippen LogP contribution in [0.4, 0.5) is 0 Å². The van der Waals surface area contributed by atoms with Gasteiger partial charge < -0.3 is 15.2 Å². The van der Waals surface area contributed by atoms with Crippen LogP contribution in [0.15, 0.2) is 0 Å². The van der Waals surface area contributed by atoms with Crippen molar-refractivity contribution in [3.63, 3.8) is 0 Å². The number of hydrogen-bond acceptors (Lipinski definition) is 3. The number of rotatable bonds is 6. The summed E-state index contributed by atoms with van der Waals surface area (Å²) in [5.41, 5.74) is 0. The van der Waals surface area contributed by atoms with Crippen molar-refractivity contribution in [1.82, 2.24) is 5.32 Å². The van der Waals surface area contributed by atoms with Gasteiger partial charge in [-0.2, -0.15) is 0 Å². The molecule has 14 heavy (non-hydrogen) atoms. The molecule has 0 radical (unpaired) electrons. The van der Waals surface area contributed by atoms with Gasteiger partial charge in [-0.3, -0.25) is 0 Å². The summed E-state index contributed by atoms with van der Waals surface area (Å²) in [6.45, 7) is 2.27. The van der Waals surface area contributed by atoms with Gasteiger partial charge in [0.1, 0.15) is 0 Å². The molecule has 82 valence electrons. The number of nitrogens with one attached hydrogen (secondary N) is 1. The van der Waals surface area contributed by atoms with E-state index in [4.69, 9.17) is 9.84 Å². The Balaban J connectivity index is 1.54. The third kappa shape index (κ3) is 2.47. The first-order valence-corrected chi connectivity index (χ1v) is 5.82. The molecule has 0 aromatic carbocycles. The Hall–Kier alpha value is -0.120. The van der Waals surface area contributed by atoms with Gasteiger partial charge in [-0.05, 0) is 31.1 Å². The quantitative estimate of drug-likeness (QED) is 0.621. The van der Waals surface area contributed by atoms with Gasteiger partial charge in [0.2, 0.25) is 0 Å². The molecule has 3 nitrogen and oxygen atoms in total. The Bertz CT molecular complexity index is 175. The van der Waals surface area contributed by atoms with E-state index in [1.807, 2.05) is 0 Å². The predicted molar refractivity (Wildman–Crippen MR) is 55.1 cm³/mol. The Kier molecular flexibility index (Phi) is 3.79. The van der Waals surface area contributed by atoms with E-state index in [1.165, 1.54) is 25.7 Å². The first kappa shape index (κ1) is 10.4. The standard InChI is InChI=1S/C11H21NO2/c13-4-6-14-5-3-12-11-8-9-1-2-10(11)7-9/h9-13H,1-8H2/t9-,10+,11-/m0/s1. The van der Waals surface area contributed by atoms with Gasteiger partial charge in [-0.25, -0.2) is 0 Å². The van der Waals surface area contributed by atoms with Crippen molar-refractivity contribution in [2.75, 3.05) is 26.4 Å². The van der Waals surface area contributed by atoms with Crippen LogP contribution in [-0.4, -0.2) is 37.5 Å². The smallest absolute Gasteiger partial charge is 0.0698 e. The molecule has 0 saturated heterocycles. The number of fused-ring (bicyclic) bond motifs is 2. The van der Waals surface area contributed by atoms with Crippen molar-refractivity contribution in [3.8, 4) is 0 Å². The lowest BCUT2D eigenvalue weighted by Crippen LogP contribution is -2.36. The Morgan fingerprint density at radius 3 is 2.79 bits per heavy atom. The molecule has 2 aliphatic carbocycles. The molecule has 2 aliphatic rings. The normalized spacial score (nSPS) is 35.4. The highest BCUT2D eigenvalue weighted by Gasteiger charge is 2.38. The van der Waals surface area contributed by atoms with Crippen molar-refractivity contribution < 1.29 is 9.84 Å². The fourth-order valence-electron chi connectivity index (χ4n) is 2.98. The molecule has 0 spiro atoms. The Morgan fingerprint density at radius 1 is 1.21 bits per heavy atom. The van der Waals surface area contributed by atoms with Crippen LogP contribution in [0, 0.1) is 11.8 Å². The van der Waals surface area contributed by atoms with E-state index < -0.39 is 0 Å². The number of aliphatic hydroxyl groups excluding tert-OH is 1. The second-order valence-electron chi connectivity index (χ2n) is 4.57. The van der Waals surface area contributed by atoms with E-state index in [2.05, 4.69) is 5.32 Å². The lowest BCUT2D eigenvalue weighted by molar-refractivity contribution is 0.0914. The second kappa shape index (κ2) is 5.10. The van der Waals surface area contributed by atoms with E-state index in [0.717, 1.165) is 31.0 Å². The minimum Gasteiger partial charge on any atom is -0.394 e. The summed E-state index contributed by atoms with van der Waals surface area (Å²) < 4.78 is 5.21. The van der Waals surface area contributed by atoms with Gasteiger partial charge in [0, 0.05) is 12.6 Å². The SMILES string of the molecule is OCCOCCN[C@H]1C[C@H]2CC[C@@H]1C2. The zero-order valence-corrected chi connectivity index (χ0v) is 8.74. The van der Waals surface area contributed by atoms with Crippen LogP contribution >= 0.6 is 0 Å². The summed E-state index contributed by atoms with van der Waals surface area (Å²) in [6.07, 6.45) is 5.73. The summed E-state index contributed by atoms with van der Waals surface area (Å²) in [6, 6.07) is 0.756. The van der Waals surface area contributed by atoms with Crippen molar-refractivity contribution in [2.24, 2.45) is 11.8 Å². The maximum Gasteiger partial charge on any atom is 0.0698 e. The van der Waals surface area contributed by atoms with E-state index in [1.54, 1.807) is 0 Å². The third-order valence-corrected chi connectivity index (χ3v) is 3.63. The molecule has 2 rings (SSSR count). The van der Waals surface area contributed by atoms with E-state index in [9.17, 15) is 0 Å². The lowest BCUT2D eigenvalue weighted by Gasteiger charge is -2.22. The minimum atomic E-state index is 0.133. The topological polar surface area (TPSA) is 41.5 Å². The third-order valence-electron chi connectivity index (χ3n) is 3.63. The summed E-state index contributed by atoms with van der Waals surface area (Å²) in [5, 5.41) is 12.1. The van der Waals surface area contributed by atoms with Gasteiger partial charge in [0.15, 0.2) is 0 Å². The molecule has 0 aliphatic heterocycles. The van der Waals surface area contributed by atoms with Crippen LogP contribution in [0.1, 0.15) is 25.7 Å². The predicted octanol–water partition coefficient (Wildman–Crippen LogP) is 0.773. The number of aliphatic hydroxyl groups is 1. The van der Waals surface area contributed by atoms with E-state index >= 15 is 0 Å². The Morgan fingerprint density at radius 2 is 2.14 bits per heavy atom. The second-order valence-corrected chi connectivity index (χ2v) is 4.57. The van der Waals surface area contributed by atoms with E-state index in [0.29, 0.717) is 6.61 Å². The van der Waals surface area contributed by atoms with Gasteiger partial charge >= 0.3 is 0 Å². The van der Waals surface area contributed by atoms with Crippen LogP contribution in [0.2, 0.25) is 0 Å². The van der Waals surface area contributed by atoms with Crippen LogP contribution in [-0.2, 0) is 4.74 Å². The number of ether oxygens (including phenoxy) is 1. The van der Waals surface area contributed by atoms with Crippen molar-refractivity contribution in [3.05, 3.63) is 0 Å². The van der Waals surface area contributed by atoms with E-state index in [-0.39, 0.29) is 6.61 Å². The lowest BCUT2D eigenvalue weighted by atomic mass is 9.95. The van der Waals surface area contributed by atoms with Crippen molar-refractivity contribution in [1.29, 1.82) is 0 Å². The molecule has 2 bridgehead atoms. The molecule has 0 unspecified atom stereocenters.